The first-order valence-electron chi connectivity index (χ1n) is 3.96. The summed E-state index contributed by atoms with van der Waals surface area (Å²) in [6, 6.07) is 7.39. The van der Waals surface area contributed by atoms with E-state index >= 15 is 0 Å². The van der Waals surface area contributed by atoms with Crippen LogP contribution in [0.1, 0.15) is 11.1 Å². The van der Waals surface area contributed by atoms with E-state index in [1.165, 1.54) is 11.3 Å². The van der Waals surface area contributed by atoms with E-state index in [9.17, 15) is 5.11 Å². The van der Waals surface area contributed by atoms with Gasteiger partial charge in [0, 0.05) is 5.88 Å². The van der Waals surface area contributed by atoms with E-state index in [0.29, 0.717) is 11.4 Å². The smallest absolute Gasteiger partial charge is 0.172 e. The highest BCUT2D eigenvalue weighted by Crippen LogP contribution is 2.34. The molecular weight excluding hydrogens is 218 g/mol. The molecule has 0 atom stereocenters. The predicted octanol–water partition coefficient (Wildman–Crippen LogP) is 3.22. The number of halogens is 1. The first-order valence-corrected chi connectivity index (χ1v) is 5.31. The molecule has 1 heterocycles. The first kappa shape index (κ1) is 9.32. The number of rotatable bonds is 1. The highest BCUT2D eigenvalue weighted by molar-refractivity contribution is 7.20. The number of nitrogens with zero attached hydrogens (tertiary/aromatic N) is 1. The summed E-state index contributed by atoms with van der Waals surface area (Å²) in [4.78, 5) is 0. The molecule has 0 aliphatic heterocycles. The van der Waals surface area contributed by atoms with Gasteiger partial charge in [-0.25, -0.2) is 0 Å². The molecule has 70 valence electrons. The Bertz CT molecular complexity index is 527. The lowest BCUT2D eigenvalue weighted by Crippen LogP contribution is -1.81. The molecule has 2 nitrogen and oxygen atoms in total. The number of aromatic hydroxyl groups is 1. The van der Waals surface area contributed by atoms with Crippen LogP contribution in [-0.2, 0) is 5.88 Å². The van der Waals surface area contributed by atoms with Gasteiger partial charge in [-0.15, -0.1) is 11.6 Å². The maximum absolute atomic E-state index is 9.32. The van der Waals surface area contributed by atoms with Crippen molar-refractivity contribution in [3.05, 3.63) is 29.3 Å². The zero-order valence-electron chi connectivity index (χ0n) is 7.12. The van der Waals surface area contributed by atoms with Gasteiger partial charge in [0.2, 0.25) is 0 Å². The van der Waals surface area contributed by atoms with Crippen LogP contribution in [0.25, 0.3) is 10.1 Å². The van der Waals surface area contributed by atoms with E-state index in [4.69, 9.17) is 16.9 Å². The van der Waals surface area contributed by atoms with E-state index in [0.717, 1.165) is 15.6 Å². The minimum Gasteiger partial charge on any atom is -0.499 e. The largest absolute Gasteiger partial charge is 0.499 e. The Labute approximate surface area is 90.0 Å². The van der Waals surface area contributed by atoms with Crippen LogP contribution in [0.15, 0.2) is 18.2 Å². The topological polar surface area (TPSA) is 44.0 Å². The third-order valence-corrected chi connectivity index (χ3v) is 3.23. The van der Waals surface area contributed by atoms with Gasteiger partial charge in [-0.05, 0) is 29.1 Å². The Morgan fingerprint density at radius 3 is 2.86 bits per heavy atom. The van der Waals surface area contributed by atoms with Gasteiger partial charge in [0.05, 0.1) is 10.3 Å². The summed E-state index contributed by atoms with van der Waals surface area (Å²) in [6.45, 7) is 0. The molecule has 0 bridgehead atoms. The molecule has 0 saturated carbocycles. The lowest BCUT2D eigenvalue weighted by atomic mass is 10.1. The van der Waals surface area contributed by atoms with Crippen molar-refractivity contribution in [1.82, 2.24) is 0 Å². The number of benzene rings is 1. The molecule has 2 aromatic rings. The Balaban J connectivity index is 2.80. The Morgan fingerprint density at radius 2 is 2.21 bits per heavy atom. The number of fused-ring (bicyclic) bond motifs is 1. The summed E-state index contributed by atoms with van der Waals surface area (Å²) in [6.07, 6.45) is 0. The standard InChI is InChI=1S/C10H6ClNOS/c11-4-6-1-7-3-9(13)14-10(7)8(2-6)5-12/h1-3,13H,4H2. The van der Waals surface area contributed by atoms with E-state index in [-0.39, 0.29) is 5.06 Å². The molecule has 0 spiro atoms. The second-order valence-electron chi connectivity index (χ2n) is 2.89. The molecule has 0 aliphatic rings. The third kappa shape index (κ3) is 1.43. The van der Waals surface area contributed by atoms with Gasteiger partial charge in [0.1, 0.15) is 6.07 Å². The summed E-state index contributed by atoms with van der Waals surface area (Å²) in [7, 11) is 0. The minimum absolute atomic E-state index is 0.225. The molecule has 4 heteroatoms. The van der Waals surface area contributed by atoms with Crippen LogP contribution >= 0.6 is 22.9 Å². The number of hydrogen-bond donors (Lipinski definition) is 1. The van der Waals surface area contributed by atoms with Gasteiger partial charge in [-0.3, -0.25) is 0 Å². The molecule has 0 unspecified atom stereocenters. The van der Waals surface area contributed by atoms with Gasteiger partial charge >= 0.3 is 0 Å². The zero-order chi connectivity index (χ0) is 10.1. The highest BCUT2D eigenvalue weighted by atomic mass is 35.5. The van der Waals surface area contributed by atoms with Crippen molar-refractivity contribution in [3.8, 4) is 11.1 Å². The molecule has 1 aromatic heterocycles. The first-order chi connectivity index (χ1) is 6.74. The quantitative estimate of drug-likeness (QED) is 0.755. The van der Waals surface area contributed by atoms with Gasteiger partial charge in [0.25, 0.3) is 0 Å². The molecule has 1 N–H and O–H groups in total. The maximum Gasteiger partial charge on any atom is 0.172 e. The summed E-state index contributed by atoms with van der Waals surface area (Å²) in [5.41, 5.74) is 1.47. The van der Waals surface area contributed by atoms with E-state index in [2.05, 4.69) is 6.07 Å². The zero-order valence-corrected chi connectivity index (χ0v) is 8.69. The number of alkyl halides is 1. The van der Waals surface area contributed by atoms with Crippen molar-refractivity contribution < 1.29 is 5.11 Å². The van der Waals surface area contributed by atoms with Crippen molar-refractivity contribution in [1.29, 1.82) is 5.26 Å². The maximum atomic E-state index is 9.32. The fourth-order valence-corrected chi connectivity index (χ4v) is 2.36. The van der Waals surface area contributed by atoms with Crippen molar-refractivity contribution >= 4 is 33.0 Å². The normalized spacial score (nSPS) is 10.3. The van der Waals surface area contributed by atoms with Crippen LogP contribution in [0, 0.1) is 11.3 Å². The average Bonchev–Trinajstić information content (AvgIpc) is 2.56. The van der Waals surface area contributed by atoms with E-state index in [1.807, 2.05) is 6.07 Å². The molecule has 14 heavy (non-hydrogen) atoms. The molecule has 2 rings (SSSR count). The number of hydrogen-bond acceptors (Lipinski definition) is 3. The van der Waals surface area contributed by atoms with Crippen LogP contribution in [0.4, 0.5) is 0 Å². The summed E-state index contributed by atoms with van der Waals surface area (Å²) < 4.78 is 0.818. The highest BCUT2D eigenvalue weighted by Gasteiger charge is 2.07. The molecule has 0 amide bonds. The van der Waals surface area contributed by atoms with Crippen LogP contribution in [0.5, 0.6) is 5.06 Å². The molecule has 0 aliphatic carbocycles. The molecule has 0 saturated heterocycles. The van der Waals surface area contributed by atoms with E-state index in [1.54, 1.807) is 12.1 Å². The number of nitriles is 1. The third-order valence-electron chi connectivity index (χ3n) is 1.94. The van der Waals surface area contributed by atoms with Crippen molar-refractivity contribution in [2.24, 2.45) is 0 Å². The SMILES string of the molecule is N#Cc1cc(CCl)cc2cc(O)sc12. The number of thiophene rings is 1. The Kier molecular flexibility index (Phi) is 2.32. The van der Waals surface area contributed by atoms with Gasteiger partial charge in [0.15, 0.2) is 5.06 Å². The lowest BCUT2D eigenvalue weighted by Gasteiger charge is -1.97. The van der Waals surface area contributed by atoms with Crippen LogP contribution in [-0.4, -0.2) is 5.11 Å². The lowest BCUT2D eigenvalue weighted by molar-refractivity contribution is 0.491. The monoisotopic (exact) mass is 223 g/mol. The Hall–Kier alpha value is -1.24. The fraction of sp³-hybridized carbons (Fsp3) is 0.100. The molecule has 0 fully saturated rings. The molecule has 0 radical (unpaired) electrons. The van der Waals surface area contributed by atoms with Crippen molar-refractivity contribution in [2.75, 3.05) is 0 Å². The van der Waals surface area contributed by atoms with Crippen molar-refractivity contribution in [2.45, 2.75) is 5.88 Å². The minimum atomic E-state index is 0.225. The average molecular weight is 224 g/mol. The van der Waals surface area contributed by atoms with Gasteiger partial charge in [-0.2, -0.15) is 5.26 Å². The second kappa shape index (κ2) is 3.49. The summed E-state index contributed by atoms with van der Waals surface area (Å²) >= 11 is 6.91. The second-order valence-corrected chi connectivity index (χ2v) is 4.19. The van der Waals surface area contributed by atoms with Gasteiger partial charge < -0.3 is 5.11 Å². The fourth-order valence-electron chi connectivity index (χ4n) is 1.36. The van der Waals surface area contributed by atoms with Crippen LogP contribution in [0.2, 0.25) is 0 Å². The molecular formula is C10H6ClNOS. The molecule has 1 aromatic carbocycles. The summed E-state index contributed by atoms with van der Waals surface area (Å²) in [5.74, 6) is 0.376. The predicted molar refractivity (Wildman–Crippen MR) is 57.8 cm³/mol. The van der Waals surface area contributed by atoms with E-state index < -0.39 is 0 Å². The van der Waals surface area contributed by atoms with Crippen molar-refractivity contribution in [3.63, 3.8) is 0 Å². The van der Waals surface area contributed by atoms with Gasteiger partial charge in [-0.1, -0.05) is 11.3 Å². The Morgan fingerprint density at radius 1 is 1.43 bits per heavy atom. The van der Waals surface area contributed by atoms with Crippen LogP contribution in [0.3, 0.4) is 0 Å². The van der Waals surface area contributed by atoms with Crippen LogP contribution < -0.4 is 0 Å². The summed E-state index contributed by atoms with van der Waals surface area (Å²) in [5, 5.41) is 19.3.